The SMILES string of the molecule is CC(C)(C)N(OCCCO)OCCCO. The molecule has 0 saturated heterocycles. The Kier molecular flexibility index (Phi) is 7.90. The van der Waals surface area contributed by atoms with Crippen LogP contribution in [0.2, 0.25) is 0 Å². The van der Waals surface area contributed by atoms with Gasteiger partial charge >= 0.3 is 0 Å². The second-order valence-corrected chi connectivity index (χ2v) is 4.25. The Labute approximate surface area is 91.5 Å². The average molecular weight is 221 g/mol. The maximum absolute atomic E-state index is 8.62. The first-order valence-corrected chi connectivity index (χ1v) is 5.30. The highest BCUT2D eigenvalue weighted by molar-refractivity contribution is 4.63. The van der Waals surface area contributed by atoms with Gasteiger partial charge in [-0.3, -0.25) is 9.68 Å². The lowest BCUT2D eigenvalue weighted by Crippen LogP contribution is -2.41. The van der Waals surface area contributed by atoms with Gasteiger partial charge in [-0.25, -0.2) is 0 Å². The van der Waals surface area contributed by atoms with Crippen LogP contribution in [-0.4, -0.2) is 47.4 Å². The molecule has 0 saturated carbocycles. The van der Waals surface area contributed by atoms with E-state index in [1.165, 1.54) is 5.23 Å². The average Bonchev–Trinajstić information content (AvgIpc) is 2.14. The molecular formula is C10H23NO4. The molecule has 0 rings (SSSR count). The smallest absolute Gasteiger partial charge is 0.0733 e. The van der Waals surface area contributed by atoms with Crippen molar-refractivity contribution in [1.29, 1.82) is 0 Å². The highest BCUT2D eigenvalue weighted by Gasteiger charge is 2.23. The van der Waals surface area contributed by atoms with E-state index in [1.807, 2.05) is 20.8 Å². The highest BCUT2D eigenvalue weighted by atomic mass is 17.0. The topological polar surface area (TPSA) is 62.2 Å². The quantitative estimate of drug-likeness (QED) is 0.467. The minimum atomic E-state index is -0.259. The molecule has 0 aromatic heterocycles. The summed E-state index contributed by atoms with van der Waals surface area (Å²) in [6.45, 7) is 6.95. The Bertz CT molecular complexity index is 137. The van der Waals surface area contributed by atoms with Gasteiger partial charge < -0.3 is 10.2 Å². The van der Waals surface area contributed by atoms with Gasteiger partial charge in [0.05, 0.1) is 18.8 Å². The lowest BCUT2D eigenvalue weighted by atomic mass is 10.1. The fraction of sp³-hybridized carbons (Fsp3) is 1.00. The van der Waals surface area contributed by atoms with Gasteiger partial charge in [0.15, 0.2) is 0 Å². The molecule has 92 valence electrons. The maximum atomic E-state index is 8.62. The highest BCUT2D eigenvalue weighted by Crippen LogP contribution is 2.14. The Morgan fingerprint density at radius 1 is 0.933 bits per heavy atom. The third kappa shape index (κ3) is 7.70. The third-order valence-electron chi connectivity index (χ3n) is 1.57. The summed E-state index contributed by atoms with van der Waals surface area (Å²) in [5, 5.41) is 18.7. The summed E-state index contributed by atoms with van der Waals surface area (Å²) in [6.07, 6.45) is 1.16. The Morgan fingerprint density at radius 2 is 1.33 bits per heavy atom. The summed E-state index contributed by atoms with van der Waals surface area (Å²) in [4.78, 5) is 10.7. The van der Waals surface area contributed by atoms with Crippen LogP contribution in [0.1, 0.15) is 33.6 Å². The fourth-order valence-corrected chi connectivity index (χ4v) is 0.849. The van der Waals surface area contributed by atoms with Crippen molar-refractivity contribution in [3.05, 3.63) is 0 Å². The van der Waals surface area contributed by atoms with Crippen LogP contribution < -0.4 is 0 Å². The minimum absolute atomic E-state index is 0.106. The molecule has 15 heavy (non-hydrogen) atoms. The zero-order valence-electron chi connectivity index (χ0n) is 9.90. The van der Waals surface area contributed by atoms with E-state index >= 15 is 0 Å². The van der Waals surface area contributed by atoms with Gasteiger partial charge in [-0.1, -0.05) is 5.23 Å². The number of hydrogen-bond donors (Lipinski definition) is 2. The summed E-state index contributed by atoms with van der Waals surface area (Å²) in [6, 6.07) is 0. The predicted molar refractivity (Wildman–Crippen MR) is 56.9 cm³/mol. The largest absolute Gasteiger partial charge is 0.396 e. The lowest BCUT2D eigenvalue weighted by Gasteiger charge is -2.32. The monoisotopic (exact) mass is 221 g/mol. The zero-order chi connectivity index (χ0) is 11.7. The van der Waals surface area contributed by atoms with Crippen molar-refractivity contribution in [2.24, 2.45) is 0 Å². The van der Waals surface area contributed by atoms with Crippen LogP contribution in [0.25, 0.3) is 0 Å². The number of rotatable bonds is 8. The van der Waals surface area contributed by atoms with E-state index in [4.69, 9.17) is 19.9 Å². The molecule has 0 bridgehead atoms. The van der Waals surface area contributed by atoms with Crippen molar-refractivity contribution in [3.8, 4) is 0 Å². The molecule has 0 unspecified atom stereocenters. The van der Waals surface area contributed by atoms with Crippen LogP contribution in [0.5, 0.6) is 0 Å². The number of nitrogens with zero attached hydrogens (tertiary/aromatic N) is 1. The molecule has 0 aromatic carbocycles. The van der Waals surface area contributed by atoms with E-state index in [-0.39, 0.29) is 18.8 Å². The molecule has 0 radical (unpaired) electrons. The van der Waals surface area contributed by atoms with Gasteiger partial charge in [0, 0.05) is 13.2 Å². The molecule has 0 spiro atoms. The number of aliphatic hydroxyl groups is 2. The lowest BCUT2D eigenvalue weighted by molar-refractivity contribution is -0.406. The van der Waals surface area contributed by atoms with E-state index in [9.17, 15) is 0 Å². The van der Waals surface area contributed by atoms with Crippen LogP contribution in [0.4, 0.5) is 0 Å². The Hall–Kier alpha value is -0.200. The molecule has 0 aliphatic heterocycles. The molecule has 0 amide bonds. The molecular weight excluding hydrogens is 198 g/mol. The summed E-state index contributed by atoms with van der Waals surface area (Å²) in [5.41, 5.74) is -0.259. The van der Waals surface area contributed by atoms with E-state index in [0.717, 1.165) is 0 Å². The molecule has 5 heteroatoms. The van der Waals surface area contributed by atoms with Gasteiger partial charge in [0.2, 0.25) is 0 Å². The molecule has 0 aliphatic rings. The van der Waals surface area contributed by atoms with Gasteiger partial charge in [0.1, 0.15) is 0 Å². The molecule has 0 aromatic rings. The summed E-state index contributed by atoms with van der Waals surface area (Å²) in [7, 11) is 0. The standard InChI is InChI=1S/C10H23NO4/c1-10(2,3)11(14-8-4-6-12)15-9-5-7-13/h12-13H,4-9H2,1-3H3. The predicted octanol–water partition coefficient (Wildman–Crippen LogP) is 0.715. The first-order chi connectivity index (χ1) is 7.02. The second-order valence-electron chi connectivity index (χ2n) is 4.25. The van der Waals surface area contributed by atoms with Crippen molar-refractivity contribution in [2.45, 2.75) is 39.2 Å². The van der Waals surface area contributed by atoms with Crippen LogP contribution in [0.15, 0.2) is 0 Å². The molecule has 0 fully saturated rings. The molecule has 0 aliphatic carbocycles. The number of aliphatic hydroxyl groups excluding tert-OH is 2. The van der Waals surface area contributed by atoms with Crippen LogP contribution in [0.3, 0.4) is 0 Å². The van der Waals surface area contributed by atoms with E-state index in [1.54, 1.807) is 0 Å². The van der Waals surface area contributed by atoms with E-state index in [0.29, 0.717) is 26.1 Å². The molecule has 0 heterocycles. The third-order valence-corrected chi connectivity index (χ3v) is 1.57. The number of hydrogen-bond acceptors (Lipinski definition) is 5. The van der Waals surface area contributed by atoms with Gasteiger partial charge in [-0.05, 0) is 33.6 Å². The first kappa shape index (κ1) is 14.8. The maximum Gasteiger partial charge on any atom is 0.0733 e. The van der Waals surface area contributed by atoms with Crippen molar-refractivity contribution in [2.75, 3.05) is 26.4 Å². The fourth-order valence-electron chi connectivity index (χ4n) is 0.849. The Balaban J connectivity index is 3.85. The normalized spacial score (nSPS) is 12.4. The summed E-state index contributed by atoms with van der Waals surface area (Å²) >= 11 is 0. The summed E-state index contributed by atoms with van der Waals surface area (Å²) < 4.78 is 0. The minimum Gasteiger partial charge on any atom is -0.396 e. The van der Waals surface area contributed by atoms with Crippen molar-refractivity contribution >= 4 is 0 Å². The van der Waals surface area contributed by atoms with Crippen molar-refractivity contribution in [3.63, 3.8) is 0 Å². The number of hydroxylamine groups is 2. The molecule has 2 N–H and O–H groups in total. The molecule has 0 atom stereocenters. The van der Waals surface area contributed by atoms with E-state index < -0.39 is 0 Å². The van der Waals surface area contributed by atoms with E-state index in [2.05, 4.69) is 0 Å². The van der Waals surface area contributed by atoms with Crippen molar-refractivity contribution < 1.29 is 19.9 Å². The van der Waals surface area contributed by atoms with Crippen LogP contribution in [0, 0.1) is 0 Å². The van der Waals surface area contributed by atoms with Gasteiger partial charge in [-0.15, -0.1) is 0 Å². The zero-order valence-corrected chi connectivity index (χ0v) is 9.90. The summed E-state index contributed by atoms with van der Waals surface area (Å²) in [5.74, 6) is 0. The van der Waals surface area contributed by atoms with Crippen molar-refractivity contribution in [1.82, 2.24) is 5.23 Å². The first-order valence-electron chi connectivity index (χ1n) is 5.30. The second kappa shape index (κ2) is 8.01. The molecule has 5 nitrogen and oxygen atoms in total. The Morgan fingerprint density at radius 3 is 1.60 bits per heavy atom. The van der Waals surface area contributed by atoms with Gasteiger partial charge in [-0.2, -0.15) is 0 Å². The van der Waals surface area contributed by atoms with Gasteiger partial charge in [0.25, 0.3) is 0 Å². The van der Waals surface area contributed by atoms with Crippen LogP contribution in [-0.2, 0) is 9.68 Å². The van der Waals surface area contributed by atoms with Crippen LogP contribution >= 0.6 is 0 Å².